The summed E-state index contributed by atoms with van der Waals surface area (Å²) in [6.07, 6.45) is 0. The molecule has 0 aliphatic heterocycles. The minimum atomic E-state index is 0.893. The summed E-state index contributed by atoms with van der Waals surface area (Å²) in [5, 5.41) is 8.82. The molecule has 0 radical (unpaired) electrons. The van der Waals surface area contributed by atoms with Crippen LogP contribution in [0.2, 0.25) is 0 Å². The molecule has 0 aliphatic carbocycles. The Balaban J connectivity index is 1.23. The molecule has 0 spiro atoms. The molecule has 45 heavy (non-hydrogen) atoms. The van der Waals surface area contributed by atoms with Crippen molar-refractivity contribution >= 4 is 59.9 Å². The Bertz CT molecular complexity index is 2720. The number of hydrogen-bond acceptors (Lipinski definition) is 2. The third-order valence-electron chi connectivity index (χ3n) is 9.33. The first-order chi connectivity index (χ1) is 22.3. The first-order valence-electron chi connectivity index (χ1n) is 15.3. The van der Waals surface area contributed by atoms with Crippen molar-refractivity contribution < 1.29 is 0 Å². The second-order valence-corrected chi connectivity index (χ2v) is 11.8. The number of rotatable bonds is 3. The summed E-state index contributed by atoms with van der Waals surface area (Å²) in [4.78, 5) is 10.2. The third-order valence-corrected chi connectivity index (χ3v) is 9.33. The maximum atomic E-state index is 5.18. The molecule has 208 valence electrons. The van der Waals surface area contributed by atoms with Gasteiger partial charge in [-0.25, -0.2) is 9.97 Å². The van der Waals surface area contributed by atoms with E-state index in [-0.39, 0.29) is 0 Å². The predicted molar refractivity (Wildman–Crippen MR) is 188 cm³/mol. The number of para-hydroxylation sites is 3. The first kappa shape index (κ1) is 24.4. The number of hydrogen-bond donors (Lipinski definition) is 0. The Morgan fingerprint density at radius 2 is 1.02 bits per heavy atom. The van der Waals surface area contributed by atoms with Gasteiger partial charge in [-0.05, 0) is 84.9 Å². The molecule has 0 saturated carbocycles. The van der Waals surface area contributed by atoms with Crippen LogP contribution in [0, 0.1) is 0 Å². The quantitative estimate of drug-likeness (QED) is 0.197. The van der Waals surface area contributed by atoms with E-state index < -0.39 is 0 Å². The van der Waals surface area contributed by atoms with Gasteiger partial charge in [0.05, 0.1) is 16.6 Å². The molecule has 10 rings (SSSR count). The summed E-state index contributed by atoms with van der Waals surface area (Å²) >= 11 is 0. The molecule has 10 aromatic rings. The van der Waals surface area contributed by atoms with E-state index in [0.717, 1.165) is 39.0 Å². The number of fused-ring (bicyclic) bond motifs is 5. The predicted octanol–water partition coefficient (Wildman–Crippen LogP) is 10.9. The van der Waals surface area contributed by atoms with E-state index in [1.807, 2.05) is 12.1 Å². The minimum Gasteiger partial charge on any atom is -0.276 e. The highest BCUT2D eigenvalue weighted by molar-refractivity contribution is 6.28. The van der Waals surface area contributed by atoms with Gasteiger partial charge in [0.15, 0.2) is 0 Å². The average Bonchev–Trinajstić information content (AvgIpc) is 3.51. The standard InChI is InChI=1S/C42H25N3/c1-2-9-26(10-3-1)34-25-35(32-24-22-29-12-8-11-28-21-23-31(34)40(32)39(28)29)27-17-19-30(20-18-27)41-43-36-14-5-4-13-33(36)42-44-37-15-6-7-16-38(37)45(41)42/h1-25H. The zero-order valence-electron chi connectivity index (χ0n) is 24.3. The van der Waals surface area contributed by atoms with Gasteiger partial charge < -0.3 is 0 Å². The SMILES string of the molecule is c1ccc(-c2cc(-c3ccc(-c4nc5ccccc5c5nc6ccccc6n45)cc3)c3ccc4cccc5ccc2c3c54)cc1. The number of imidazole rings is 1. The Morgan fingerprint density at radius 1 is 0.400 bits per heavy atom. The fourth-order valence-electron chi connectivity index (χ4n) is 7.26. The van der Waals surface area contributed by atoms with Gasteiger partial charge in [0.25, 0.3) is 0 Å². The van der Waals surface area contributed by atoms with Gasteiger partial charge in [-0.1, -0.05) is 121 Å². The highest BCUT2D eigenvalue weighted by atomic mass is 15.1. The van der Waals surface area contributed by atoms with Crippen LogP contribution in [0.4, 0.5) is 0 Å². The summed E-state index contributed by atoms with van der Waals surface area (Å²) in [5.74, 6) is 0.893. The molecular formula is C42H25N3. The fraction of sp³-hybridized carbons (Fsp3) is 0. The van der Waals surface area contributed by atoms with Crippen molar-refractivity contribution in [2.75, 3.05) is 0 Å². The molecule has 0 N–H and O–H groups in total. The van der Waals surface area contributed by atoms with Gasteiger partial charge in [-0.3, -0.25) is 4.40 Å². The first-order valence-corrected chi connectivity index (χ1v) is 15.3. The lowest BCUT2D eigenvalue weighted by Crippen LogP contribution is -1.98. The van der Waals surface area contributed by atoms with Crippen LogP contribution in [0.5, 0.6) is 0 Å². The molecule has 0 fully saturated rings. The normalized spacial score (nSPS) is 12.0. The van der Waals surface area contributed by atoms with E-state index in [4.69, 9.17) is 9.97 Å². The van der Waals surface area contributed by atoms with Crippen LogP contribution in [-0.2, 0) is 0 Å². The lowest BCUT2D eigenvalue weighted by molar-refractivity contribution is 1.16. The average molecular weight is 572 g/mol. The summed E-state index contributed by atoms with van der Waals surface area (Å²) in [6.45, 7) is 0. The van der Waals surface area contributed by atoms with Crippen LogP contribution in [0.25, 0.3) is 93.5 Å². The molecule has 2 aromatic heterocycles. The van der Waals surface area contributed by atoms with Crippen molar-refractivity contribution in [1.29, 1.82) is 0 Å². The molecular weight excluding hydrogens is 546 g/mol. The van der Waals surface area contributed by atoms with Crippen LogP contribution >= 0.6 is 0 Å². The lowest BCUT2D eigenvalue weighted by Gasteiger charge is -2.18. The van der Waals surface area contributed by atoms with E-state index in [2.05, 4.69) is 144 Å². The van der Waals surface area contributed by atoms with Gasteiger partial charge in [0.1, 0.15) is 11.5 Å². The van der Waals surface area contributed by atoms with Crippen LogP contribution < -0.4 is 0 Å². The monoisotopic (exact) mass is 571 g/mol. The zero-order chi connectivity index (χ0) is 29.5. The Hall–Kier alpha value is -6.06. The second-order valence-electron chi connectivity index (χ2n) is 11.8. The van der Waals surface area contributed by atoms with Gasteiger partial charge in [-0.2, -0.15) is 0 Å². The number of aromatic nitrogens is 3. The highest BCUT2D eigenvalue weighted by Crippen LogP contribution is 2.44. The van der Waals surface area contributed by atoms with E-state index in [1.165, 1.54) is 54.6 Å². The Kier molecular flexibility index (Phi) is 5.00. The Morgan fingerprint density at radius 3 is 1.78 bits per heavy atom. The van der Waals surface area contributed by atoms with Gasteiger partial charge in [0.2, 0.25) is 0 Å². The molecule has 0 bridgehead atoms. The van der Waals surface area contributed by atoms with Crippen molar-refractivity contribution in [2.45, 2.75) is 0 Å². The molecule has 0 atom stereocenters. The van der Waals surface area contributed by atoms with Gasteiger partial charge in [0, 0.05) is 10.9 Å². The zero-order valence-corrected chi connectivity index (χ0v) is 24.3. The van der Waals surface area contributed by atoms with E-state index in [1.54, 1.807) is 0 Å². The maximum absolute atomic E-state index is 5.18. The fourth-order valence-corrected chi connectivity index (χ4v) is 7.26. The third kappa shape index (κ3) is 3.52. The van der Waals surface area contributed by atoms with Crippen LogP contribution in [0.15, 0.2) is 152 Å². The summed E-state index contributed by atoms with van der Waals surface area (Å²) in [7, 11) is 0. The topological polar surface area (TPSA) is 30.2 Å². The molecule has 0 aliphatic rings. The summed E-state index contributed by atoms with van der Waals surface area (Å²) < 4.78 is 2.20. The van der Waals surface area contributed by atoms with Crippen molar-refractivity contribution in [1.82, 2.24) is 14.4 Å². The molecule has 3 nitrogen and oxygen atoms in total. The van der Waals surface area contributed by atoms with Crippen molar-refractivity contribution in [2.24, 2.45) is 0 Å². The highest BCUT2D eigenvalue weighted by Gasteiger charge is 2.18. The number of benzene rings is 8. The van der Waals surface area contributed by atoms with Crippen LogP contribution in [0.3, 0.4) is 0 Å². The van der Waals surface area contributed by atoms with E-state index in [9.17, 15) is 0 Å². The number of nitrogens with zero attached hydrogens (tertiary/aromatic N) is 3. The summed E-state index contributed by atoms with van der Waals surface area (Å²) in [5.41, 5.74) is 9.85. The minimum absolute atomic E-state index is 0.893. The van der Waals surface area contributed by atoms with Crippen molar-refractivity contribution in [3.8, 4) is 33.6 Å². The summed E-state index contributed by atoms with van der Waals surface area (Å²) in [6, 6.07) is 54.4. The molecule has 0 amide bonds. The second kappa shape index (κ2) is 9.22. The van der Waals surface area contributed by atoms with Gasteiger partial charge >= 0.3 is 0 Å². The molecule has 3 heteroatoms. The molecule has 8 aromatic carbocycles. The molecule has 0 unspecified atom stereocenters. The molecule has 0 saturated heterocycles. The van der Waals surface area contributed by atoms with Crippen molar-refractivity contribution in [3.05, 3.63) is 152 Å². The van der Waals surface area contributed by atoms with E-state index >= 15 is 0 Å². The van der Waals surface area contributed by atoms with E-state index in [0.29, 0.717) is 0 Å². The largest absolute Gasteiger partial charge is 0.276 e. The van der Waals surface area contributed by atoms with Gasteiger partial charge in [-0.15, -0.1) is 0 Å². The lowest BCUT2D eigenvalue weighted by atomic mass is 9.85. The Labute approximate surface area is 259 Å². The maximum Gasteiger partial charge on any atom is 0.149 e. The van der Waals surface area contributed by atoms with Crippen LogP contribution in [-0.4, -0.2) is 14.4 Å². The van der Waals surface area contributed by atoms with Crippen molar-refractivity contribution in [3.63, 3.8) is 0 Å². The van der Waals surface area contributed by atoms with Crippen LogP contribution in [0.1, 0.15) is 0 Å². The molecule has 2 heterocycles. The smallest absolute Gasteiger partial charge is 0.149 e.